The van der Waals surface area contributed by atoms with E-state index in [1.54, 1.807) is 0 Å². The molecular weight excluding hydrogens is 258 g/mol. The number of rotatable bonds is 7. The summed E-state index contributed by atoms with van der Waals surface area (Å²) in [6, 6.07) is 0.441. The summed E-state index contributed by atoms with van der Waals surface area (Å²) in [6.45, 7) is 9.71. The Kier molecular flexibility index (Phi) is 4.66. The molecule has 0 aromatic heterocycles. The second-order valence-electron chi connectivity index (χ2n) is 8.83. The summed E-state index contributed by atoms with van der Waals surface area (Å²) in [5.74, 6) is 2.67. The van der Waals surface area contributed by atoms with Gasteiger partial charge in [-0.3, -0.25) is 4.90 Å². The molecule has 0 aliphatic heterocycles. The topological polar surface area (TPSA) is 23.5 Å². The van der Waals surface area contributed by atoms with Crippen molar-refractivity contribution >= 4 is 0 Å². The molecule has 21 heavy (non-hydrogen) atoms. The van der Waals surface area contributed by atoms with Crippen LogP contribution in [-0.4, -0.2) is 35.2 Å². The maximum atomic E-state index is 10.6. The van der Waals surface area contributed by atoms with Crippen LogP contribution in [0.2, 0.25) is 0 Å². The van der Waals surface area contributed by atoms with Gasteiger partial charge in [-0.15, -0.1) is 0 Å². The lowest BCUT2D eigenvalue weighted by Crippen LogP contribution is -2.50. The first kappa shape index (κ1) is 15.8. The molecule has 0 spiro atoms. The minimum atomic E-state index is -0.0774. The van der Waals surface area contributed by atoms with Gasteiger partial charge < -0.3 is 5.11 Å². The largest absolute Gasteiger partial charge is 0.391 e. The van der Waals surface area contributed by atoms with Gasteiger partial charge in [-0.1, -0.05) is 27.2 Å². The molecule has 3 unspecified atom stereocenters. The Bertz CT molecular complexity index is 331. The zero-order chi connectivity index (χ0) is 15.0. The van der Waals surface area contributed by atoms with E-state index in [1.165, 1.54) is 58.0 Å². The average molecular weight is 293 g/mol. The first-order valence-corrected chi connectivity index (χ1v) is 9.41. The molecule has 0 aromatic rings. The fourth-order valence-corrected chi connectivity index (χ4v) is 4.13. The molecule has 2 nitrogen and oxygen atoms in total. The minimum Gasteiger partial charge on any atom is -0.391 e. The van der Waals surface area contributed by atoms with Gasteiger partial charge in [0.15, 0.2) is 0 Å². The molecule has 0 aromatic carbocycles. The van der Waals surface area contributed by atoms with E-state index in [1.807, 2.05) is 0 Å². The van der Waals surface area contributed by atoms with Gasteiger partial charge in [-0.2, -0.15) is 0 Å². The lowest BCUT2D eigenvalue weighted by atomic mass is 9.67. The van der Waals surface area contributed by atoms with Crippen molar-refractivity contribution < 1.29 is 5.11 Å². The number of hydrogen-bond acceptors (Lipinski definition) is 2. The third kappa shape index (κ3) is 4.01. The van der Waals surface area contributed by atoms with Crippen molar-refractivity contribution in [2.24, 2.45) is 23.2 Å². The normalized spacial score (nSPS) is 34.4. The minimum absolute atomic E-state index is 0.0774. The van der Waals surface area contributed by atoms with Crippen molar-refractivity contribution in [2.45, 2.75) is 84.3 Å². The molecule has 3 fully saturated rings. The van der Waals surface area contributed by atoms with Gasteiger partial charge >= 0.3 is 0 Å². The Morgan fingerprint density at radius 1 is 0.952 bits per heavy atom. The maximum absolute atomic E-state index is 10.6. The van der Waals surface area contributed by atoms with E-state index >= 15 is 0 Å². The summed E-state index contributed by atoms with van der Waals surface area (Å²) >= 11 is 0. The van der Waals surface area contributed by atoms with E-state index in [0.717, 1.165) is 24.2 Å². The lowest BCUT2D eigenvalue weighted by Gasteiger charge is -2.45. The van der Waals surface area contributed by atoms with Crippen LogP contribution in [0.1, 0.15) is 72.1 Å². The van der Waals surface area contributed by atoms with Gasteiger partial charge in [-0.25, -0.2) is 0 Å². The number of aliphatic hydroxyl groups is 1. The summed E-state index contributed by atoms with van der Waals surface area (Å²) in [7, 11) is 0. The van der Waals surface area contributed by atoms with Crippen molar-refractivity contribution in [2.75, 3.05) is 13.1 Å². The maximum Gasteiger partial charge on any atom is 0.0695 e. The number of hydrogen-bond donors (Lipinski definition) is 1. The van der Waals surface area contributed by atoms with Crippen LogP contribution in [0.15, 0.2) is 0 Å². The van der Waals surface area contributed by atoms with Crippen LogP contribution < -0.4 is 0 Å². The van der Waals surface area contributed by atoms with E-state index < -0.39 is 0 Å². The van der Waals surface area contributed by atoms with Gasteiger partial charge in [0.1, 0.15) is 0 Å². The summed E-state index contributed by atoms with van der Waals surface area (Å²) in [4.78, 5) is 2.71. The van der Waals surface area contributed by atoms with Crippen molar-refractivity contribution in [3.8, 4) is 0 Å². The number of nitrogens with zero attached hydrogens (tertiary/aromatic N) is 1. The predicted octanol–water partition coefficient (Wildman–Crippen LogP) is 4.07. The quantitative estimate of drug-likeness (QED) is 0.764. The van der Waals surface area contributed by atoms with Crippen molar-refractivity contribution in [1.82, 2.24) is 4.90 Å². The van der Waals surface area contributed by atoms with Crippen LogP contribution in [0.4, 0.5) is 0 Å². The van der Waals surface area contributed by atoms with Gasteiger partial charge in [0.2, 0.25) is 0 Å². The highest BCUT2D eigenvalue weighted by Gasteiger charge is 2.41. The molecule has 1 N–H and O–H groups in total. The van der Waals surface area contributed by atoms with Crippen LogP contribution in [0.3, 0.4) is 0 Å². The monoisotopic (exact) mass is 293 g/mol. The molecule has 3 saturated carbocycles. The summed E-state index contributed by atoms with van der Waals surface area (Å²) in [5, 5.41) is 10.6. The molecule has 0 bridgehead atoms. The van der Waals surface area contributed by atoms with E-state index in [4.69, 9.17) is 0 Å². The lowest BCUT2D eigenvalue weighted by molar-refractivity contribution is -0.0240. The van der Waals surface area contributed by atoms with Crippen LogP contribution in [-0.2, 0) is 0 Å². The van der Waals surface area contributed by atoms with Crippen LogP contribution in [0.5, 0.6) is 0 Å². The first-order chi connectivity index (χ1) is 9.99. The molecule has 0 radical (unpaired) electrons. The van der Waals surface area contributed by atoms with Crippen LogP contribution in [0.25, 0.3) is 0 Å². The van der Waals surface area contributed by atoms with E-state index in [2.05, 4.69) is 25.7 Å². The van der Waals surface area contributed by atoms with Crippen molar-refractivity contribution in [3.05, 3.63) is 0 Å². The number of aliphatic hydroxyl groups excluding tert-OH is 1. The summed E-state index contributed by atoms with van der Waals surface area (Å²) in [5.41, 5.74) is 0.434. The molecule has 3 aliphatic carbocycles. The Morgan fingerprint density at radius 3 is 2.00 bits per heavy atom. The van der Waals surface area contributed by atoms with Gasteiger partial charge in [0.05, 0.1) is 6.10 Å². The average Bonchev–Trinajstić information content (AvgIpc) is 3.34. The Morgan fingerprint density at radius 2 is 1.52 bits per heavy atom. The molecule has 2 heteroatoms. The third-order valence-electron chi connectivity index (χ3n) is 6.65. The Balaban J connectivity index is 1.66. The summed E-state index contributed by atoms with van der Waals surface area (Å²) < 4.78 is 0. The van der Waals surface area contributed by atoms with Crippen molar-refractivity contribution in [1.29, 1.82) is 0 Å². The van der Waals surface area contributed by atoms with Crippen LogP contribution >= 0.6 is 0 Å². The third-order valence-corrected chi connectivity index (χ3v) is 6.65. The van der Waals surface area contributed by atoms with Crippen LogP contribution in [0, 0.1) is 23.2 Å². The summed E-state index contributed by atoms with van der Waals surface area (Å²) in [6.07, 6.45) is 10.3. The highest BCUT2D eigenvalue weighted by molar-refractivity contribution is 4.94. The first-order valence-electron chi connectivity index (χ1n) is 9.41. The molecule has 0 saturated heterocycles. The zero-order valence-corrected chi connectivity index (χ0v) is 14.4. The van der Waals surface area contributed by atoms with Gasteiger partial charge in [-0.05, 0) is 68.1 Å². The highest BCUT2D eigenvalue weighted by atomic mass is 16.3. The standard InChI is InChI=1S/C19H35NO/c1-4-19(2,3)16-9-10-18(21)17(11-16)20(12-14-5-6-14)13-15-7-8-15/h14-18,21H,4-13H2,1-3H3. The molecule has 3 rings (SSSR count). The fourth-order valence-electron chi connectivity index (χ4n) is 4.13. The molecule has 0 heterocycles. The van der Waals surface area contributed by atoms with Crippen molar-refractivity contribution in [3.63, 3.8) is 0 Å². The zero-order valence-electron chi connectivity index (χ0n) is 14.4. The van der Waals surface area contributed by atoms with E-state index in [0.29, 0.717) is 11.5 Å². The predicted molar refractivity (Wildman–Crippen MR) is 88.2 cm³/mol. The second-order valence-corrected chi connectivity index (χ2v) is 8.83. The smallest absolute Gasteiger partial charge is 0.0695 e. The highest BCUT2D eigenvalue weighted by Crippen LogP contribution is 2.43. The van der Waals surface area contributed by atoms with Gasteiger partial charge in [0.25, 0.3) is 0 Å². The van der Waals surface area contributed by atoms with E-state index in [9.17, 15) is 5.11 Å². The molecule has 122 valence electrons. The second kappa shape index (κ2) is 6.20. The van der Waals surface area contributed by atoms with Gasteiger partial charge in [0, 0.05) is 19.1 Å². The molecule has 0 amide bonds. The van der Waals surface area contributed by atoms with E-state index in [-0.39, 0.29) is 6.10 Å². The SMILES string of the molecule is CCC(C)(C)C1CCC(O)C(N(CC2CC2)CC2CC2)C1. The Labute approximate surface area is 131 Å². The Hall–Kier alpha value is -0.0800. The molecular formula is C19H35NO. The fraction of sp³-hybridized carbons (Fsp3) is 1.00. The molecule has 3 aliphatic rings. The molecule has 3 atom stereocenters.